The van der Waals surface area contributed by atoms with Crippen molar-refractivity contribution in [2.45, 2.75) is 33.1 Å². The third kappa shape index (κ3) is 2.96. The summed E-state index contributed by atoms with van der Waals surface area (Å²) in [6.45, 7) is 4.40. The van der Waals surface area contributed by atoms with Crippen LogP contribution in [-0.4, -0.2) is 12.9 Å². The van der Waals surface area contributed by atoms with Crippen LogP contribution in [0.2, 0.25) is 0 Å². The van der Waals surface area contributed by atoms with Crippen LogP contribution in [0.15, 0.2) is 18.2 Å². The van der Waals surface area contributed by atoms with Gasteiger partial charge in [-0.15, -0.1) is 0 Å². The highest BCUT2D eigenvalue weighted by Gasteiger charge is 2.30. The second-order valence-corrected chi connectivity index (χ2v) is 5.67. The number of methoxy groups -OCH3 is 1. The molecule has 0 bridgehead atoms. The Kier molecular flexibility index (Phi) is 4.23. The molecule has 0 heterocycles. The fraction of sp³-hybridized carbons (Fsp3) is 0.562. The number of benzene rings is 1. The van der Waals surface area contributed by atoms with Crippen LogP contribution in [0.3, 0.4) is 0 Å². The number of carbonyl (C=O) groups is 1. The molecule has 0 saturated heterocycles. The summed E-state index contributed by atoms with van der Waals surface area (Å²) in [7, 11) is 1.49. The monoisotopic (exact) mass is 264 g/mol. The SMILES string of the molecule is COc1ccc(C(=O)C2CCC(C)C(C)C2)c(F)c1. The molecule has 3 heteroatoms. The highest BCUT2D eigenvalue weighted by atomic mass is 19.1. The highest BCUT2D eigenvalue weighted by molar-refractivity contribution is 5.98. The molecule has 2 rings (SSSR count). The average molecular weight is 264 g/mol. The van der Waals surface area contributed by atoms with Gasteiger partial charge in [0, 0.05) is 12.0 Å². The topological polar surface area (TPSA) is 26.3 Å². The molecule has 0 aliphatic heterocycles. The van der Waals surface area contributed by atoms with Crippen LogP contribution in [0.4, 0.5) is 4.39 Å². The summed E-state index contributed by atoms with van der Waals surface area (Å²) in [5.74, 6) is 1.07. The van der Waals surface area contributed by atoms with Gasteiger partial charge in [-0.2, -0.15) is 0 Å². The van der Waals surface area contributed by atoms with E-state index in [-0.39, 0.29) is 17.3 Å². The van der Waals surface area contributed by atoms with Gasteiger partial charge in [0.1, 0.15) is 11.6 Å². The first kappa shape index (κ1) is 14.0. The standard InChI is InChI=1S/C16H21FO2/c1-10-4-5-12(8-11(10)2)16(18)14-7-6-13(19-3)9-15(14)17/h6-7,9-12H,4-5,8H2,1-3H3. The lowest BCUT2D eigenvalue weighted by molar-refractivity contribution is 0.0833. The summed E-state index contributed by atoms with van der Waals surface area (Å²) in [5.41, 5.74) is 0.201. The molecule has 1 aliphatic rings. The Bertz CT molecular complexity index is 470. The lowest BCUT2D eigenvalue weighted by Gasteiger charge is -2.31. The molecule has 104 valence electrons. The van der Waals surface area contributed by atoms with E-state index in [1.807, 2.05) is 0 Å². The van der Waals surface area contributed by atoms with E-state index in [9.17, 15) is 9.18 Å². The zero-order valence-electron chi connectivity index (χ0n) is 11.8. The van der Waals surface area contributed by atoms with Gasteiger partial charge in [0.15, 0.2) is 5.78 Å². The quantitative estimate of drug-likeness (QED) is 0.769. The van der Waals surface area contributed by atoms with Crippen LogP contribution in [0.5, 0.6) is 5.75 Å². The maximum Gasteiger partial charge on any atom is 0.168 e. The number of rotatable bonds is 3. The molecule has 19 heavy (non-hydrogen) atoms. The van der Waals surface area contributed by atoms with Crippen LogP contribution in [0.25, 0.3) is 0 Å². The van der Waals surface area contributed by atoms with Crippen molar-refractivity contribution < 1.29 is 13.9 Å². The van der Waals surface area contributed by atoms with Crippen molar-refractivity contribution in [2.75, 3.05) is 7.11 Å². The first-order valence-electron chi connectivity index (χ1n) is 6.90. The van der Waals surface area contributed by atoms with E-state index in [0.717, 1.165) is 19.3 Å². The molecule has 1 saturated carbocycles. The van der Waals surface area contributed by atoms with Crippen molar-refractivity contribution in [3.63, 3.8) is 0 Å². The van der Waals surface area contributed by atoms with Crippen molar-refractivity contribution in [1.29, 1.82) is 0 Å². The normalized spacial score (nSPS) is 27.1. The summed E-state index contributed by atoms with van der Waals surface area (Å²) < 4.78 is 18.9. The zero-order valence-corrected chi connectivity index (χ0v) is 11.8. The summed E-state index contributed by atoms with van der Waals surface area (Å²) in [6, 6.07) is 4.46. The molecular formula is C16H21FO2. The van der Waals surface area contributed by atoms with Crippen LogP contribution in [0.1, 0.15) is 43.5 Å². The minimum Gasteiger partial charge on any atom is -0.497 e. The van der Waals surface area contributed by atoms with Gasteiger partial charge in [0.05, 0.1) is 12.7 Å². The van der Waals surface area contributed by atoms with E-state index in [2.05, 4.69) is 13.8 Å². The molecule has 1 fully saturated rings. The van der Waals surface area contributed by atoms with E-state index in [1.165, 1.54) is 13.2 Å². The molecule has 0 spiro atoms. The Morgan fingerprint density at radius 1 is 1.26 bits per heavy atom. The predicted octanol–water partition coefficient (Wildman–Crippen LogP) is 4.09. The minimum absolute atomic E-state index is 0.0332. The molecule has 0 radical (unpaired) electrons. The molecule has 0 N–H and O–H groups in total. The van der Waals surface area contributed by atoms with Crippen LogP contribution in [-0.2, 0) is 0 Å². The van der Waals surface area contributed by atoms with Gasteiger partial charge in [0.2, 0.25) is 0 Å². The fourth-order valence-electron chi connectivity index (χ4n) is 2.83. The van der Waals surface area contributed by atoms with Gasteiger partial charge < -0.3 is 4.74 Å². The molecule has 3 atom stereocenters. The van der Waals surface area contributed by atoms with Crippen molar-refractivity contribution >= 4 is 5.78 Å². The van der Waals surface area contributed by atoms with Crippen LogP contribution in [0, 0.1) is 23.6 Å². The van der Waals surface area contributed by atoms with Crippen molar-refractivity contribution in [2.24, 2.45) is 17.8 Å². The Morgan fingerprint density at radius 2 is 2.00 bits per heavy atom. The van der Waals surface area contributed by atoms with Gasteiger partial charge in [-0.25, -0.2) is 4.39 Å². The number of hydrogen-bond acceptors (Lipinski definition) is 2. The summed E-state index contributed by atoms with van der Waals surface area (Å²) >= 11 is 0. The second kappa shape index (κ2) is 5.72. The minimum atomic E-state index is -0.476. The highest BCUT2D eigenvalue weighted by Crippen LogP contribution is 2.35. The number of hydrogen-bond donors (Lipinski definition) is 0. The Morgan fingerprint density at radius 3 is 2.58 bits per heavy atom. The Labute approximate surface area is 114 Å². The van der Waals surface area contributed by atoms with E-state index in [4.69, 9.17) is 4.74 Å². The van der Waals surface area contributed by atoms with Gasteiger partial charge in [0.25, 0.3) is 0 Å². The molecule has 1 aromatic rings. The largest absolute Gasteiger partial charge is 0.497 e. The number of carbonyl (C=O) groups excluding carboxylic acids is 1. The molecule has 1 aliphatic carbocycles. The second-order valence-electron chi connectivity index (χ2n) is 5.67. The van der Waals surface area contributed by atoms with E-state index in [1.54, 1.807) is 12.1 Å². The van der Waals surface area contributed by atoms with Crippen LogP contribution >= 0.6 is 0 Å². The van der Waals surface area contributed by atoms with Gasteiger partial charge in [-0.1, -0.05) is 13.8 Å². The van der Waals surface area contributed by atoms with E-state index in [0.29, 0.717) is 17.6 Å². The smallest absolute Gasteiger partial charge is 0.168 e. The number of ether oxygens (including phenoxy) is 1. The molecule has 3 unspecified atom stereocenters. The summed E-state index contributed by atoms with van der Waals surface area (Å²) in [6.07, 6.45) is 2.79. The molecule has 0 aromatic heterocycles. The average Bonchev–Trinajstić information content (AvgIpc) is 2.41. The van der Waals surface area contributed by atoms with Gasteiger partial charge in [-0.3, -0.25) is 4.79 Å². The molecule has 1 aromatic carbocycles. The van der Waals surface area contributed by atoms with E-state index < -0.39 is 5.82 Å². The van der Waals surface area contributed by atoms with Crippen molar-refractivity contribution in [1.82, 2.24) is 0 Å². The van der Waals surface area contributed by atoms with Crippen molar-refractivity contribution in [3.8, 4) is 5.75 Å². The summed E-state index contributed by atoms with van der Waals surface area (Å²) in [5, 5.41) is 0. The molecular weight excluding hydrogens is 243 g/mol. The number of ketones is 1. The third-order valence-electron chi connectivity index (χ3n) is 4.41. The number of Topliss-reactive ketones (excluding diaryl/α,β-unsaturated/α-hetero) is 1. The molecule has 0 amide bonds. The third-order valence-corrected chi connectivity index (χ3v) is 4.41. The van der Waals surface area contributed by atoms with Crippen molar-refractivity contribution in [3.05, 3.63) is 29.6 Å². The lowest BCUT2D eigenvalue weighted by Crippen LogP contribution is -2.27. The predicted molar refractivity (Wildman–Crippen MR) is 73.0 cm³/mol. The maximum absolute atomic E-state index is 13.9. The zero-order chi connectivity index (χ0) is 14.0. The Hall–Kier alpha value is -1.38. The summed E-state index contributed by atoms with van der Waals surface area (Å²) in [4.78, 5) is 12.4. The first-order valence-corrected chi connectivity index (χ1v) is 6.90. The lowest BCUT2D eigenvalue weighted by atomic mass is 9.73. The maximum atomic E-state index is 13.9. The Balaban J connectivity index is 2.16. The van der Waals surface area contributed by atoms with Gasteiger partial charge >= 0.3 is 0 Å². The fourth-order valence-corrected chi connectivity index (χ4v) is 2.83. The van der Waals surface area contributed by atoms with Crippen LogP contribution < -0.4 is 4.74 Å². The van der Waals surface area contributed by atoms with Gasteiger partial charge in [-0.05, 0) is 43.2 Å². The van der Waals surface area contributed by atoms with E-state index >= 15 is 0 Å². The number of halogens is 1. The molecule has 2 nitrogen and oxygen atoms in total. The first-order chi connectivity index (χ1) is 9.02.